The highest BCUT2D eigenvalue weighted by molar-refractivity contribution is 6.62. The summed E-state index contributed by atoms with van der Waals surface area (Å²) in [5.74, 6) is 0.00386. The predicted octanol–water partition coefficient (Wildman–Crippen LogP) is 1.28. The summed E-state index contributed by atoms with van der Waals surface area (Å²) in [6.07, 6.45) is 1.13. The second-order valence-corrected chi connectivity index (χ2v) is 5.36. The standard InChI is InChI=1S/C13H18O4Si/c1-4-13(14)17-11-9-7-8-10-12(11)18(15-5-2)16-6-3/h4,7-10,18H,1,5-6H2,2-3H3. The molecule has 0 spiro atoms. The maximum absolute atomic E-state index is 11.3. The van der Waals surface area contributed by atoms with Gasteiger partial charge in [-0.2, -0.15) is 0 Å². The van der Waals surface area contributed by atoms with E-state index in [0.717, 1.165) is 11.3 Å². The summed E-state index contributed by atoms with van der Waals surface area (Å²) in [6, 6.07) is 7.28. The average Bonchev–Trinajstić information content (AvgIpc) is 2.39. The summed E-state index contributed by atoms with van der Waals surface area (Å²) in [5, 5.41) is 0.830. The van der Waals surface area contributed by atoms with Crippen molar-refractivity contribution in [1.82, 2.24) is 0 Å². The van der Waals surface area contributed by atoms with Crippen molar-refractivity contribution in [3.8, 4) is 5.75 Å². The first-order valence-corrected chi connectivity index (χ1v) is 7.41. The number of benzene rings is 1. The van der Waals surface area contributed by atoms with Gasteiger partial charge in [0.05, 0.1) is 0 Å². The minimum Gasteiger partial charge on any atom is -0.423 e. The highest BCUT2D eigenvalue weighted by Crippen LogP contribution is 2.10. The van der Waals surface area contributed by atoms with Crippen molar-refractivity contribution in [2.24, 2.45) is 0 Å². The molecule has 1 aromatic rings. The SMILES string of the molecule is C=CC(=O)Oc1ccccc1[SiH](OCC)OCC. The first-order chi connectivity index (χ1) is 8.72. The van der Waals surface area contributed by atoms with E-state index >= 15 is 0 Å². The lowest BCUT2D eigenvalue weighted by Crippen LogP contribution is -2.38. The zero-order valence-electron chi connectivity index (χ0n) is 10.7. The molecule has 0 N–H and O–H groups in total. The Balaban J connectivity index is 2.97. The van der Waals surface area contributed by atoms with E-state index in [-0.39, 0.29) is 0 Å². The summed E-state index contributed by atoms with van der Waals surface area (Å²) in [7, 11) is -2.01. The lowest BCUT2D eigenvalue weighted by Gasteiger charge is -2.17. The van der Waals surface area contributed by atoms with Crippen LogP contribution in [-0.2, 0) is 13.6 Å². The number of carbonyl (C=O) groups excluding carboxylic acids is 1. The van der Waals surface area contributed by atoms with Crippen LogP contribution in [0.1, 0.15) is 13.8 Å². The second kappa shape index (κ2) is 7.81. The molecule has 1 rings (SSSR count). The predicted molar refractivity (Wildman–Crippen MR) is 72.3 cm³/mol. The van der Waals surface area contributed by atoms with Gasteiger partial charge in [-0.3, -0.25) is 0 Å². The molecular formula is C13H18O4Si. The molecule has 0 amide bonds. The van der Waals surface area contributed by atoms with Crippen molar-refractivity contribution in [3.05, 3.63) is 36.9 Å². The van der Waals surface area contributed by atoms with Crippen LogP contribution < -0.4 is 9.92 Å². The first kappa shape index (κ1) is 14.6. The van der Waals surface area contributed by atoms with E-state index in [0.29, 0.717) is 19.0 Å². The van der Waals surface area contributed by atoms with Crippen molar-refractivity contribution in [2.45, 2.75) is 13.8 Å². The number of hydrogen-bond acceptors (Lipinski definition) is 4. The van der Waals surface area contributed by atoms with E-state index in [1.165, 1.54) is 0 Å². The molecule has 98 valence electrons. The van der Waals surface area contributed by atoms with Gasteiger partial charge in [0.15, 0.2) is 0 Å². The zero-order valence-corrected chi connectivity index (χ0v) is 11.9. The van der Waals surface area contributed by atoms with Crippen LogP contribution >= 0.6 is 0 Å². The number of ether oxygens (including phenoxy) is 1. The quantitative estimate of drug-likeness (QED) is 0.323. The average molecular weight is 266 g/mol. The van der Waals surface area contributed by atoms with Gasteiger partial charge in [-0.05, 0) is 19.9 Å². The molecule has 4 nitrogen and oxygen atoms in total. The van der Waals surface area contributed by atoms with Gasteiger partial charge in [0.1, 0.15) is 5.75 Å². The fourth-order valence-electron chi connectivity index (χ4n) is 1.45. The highest BCUT2D eigenvalue weighted by atomic mass is 28.3. The Bertz CT molecular complexity index is 400. The molecular weight excluding hydrogens is 248 g/mol. The largest absolute Gasteiger partial charge is 0.423 e. The molecule has 0 fully saturated rings. The van der Waals surface area contributed by atoms with Crippen LogP contribution in [0.3, 0.4) is 0 Å². The van der Waals surface area contributed by atoms with Gasteiger partial charge in [0.2, 0.25) is 0 Å². The third-order valence-electron chi connectivity index (χ3n) is 2.19. The number of hydrogen-bond donors (Lipinski definition) is 0. The molecule has 18 heavy (non-hydrogen) atoms. The van der Waals surface area contributed by atoms with Gasteiger partial charge in [0, 0.05) is 24.5 Å². The van der Waals surface area contributed by atoms with E-state index in [2.05, 4.69) is 6.58 Å². The van der Waals surface area contributed by atoms with E-state index in [1.807, 2.05) is 26.0 Å². The molecule has 5 heteroatoms. The third-order valence-corrected chi connectivity index (χ3v) is 4.44. The Morgan fingerprint density at radius 2 is 1.89 bits per heavy atom. The number of para-hydroxylation sites is 1. The topological polar surface area (TPSA) is 44.8 Å². The molecule has 0 heterocycles. The van der Waals surface area contributed by atoms with Gasteiger partial charge >= 0.3 is 15.3 Å². The van der Waals surface area contributed by atoms with Crippen molar-refractivity contribution >= 4 is 20.4 Å². The Morgan fingerprint density at radius 1 is 1.28 bits per heavy atom. The minimum atomic E-state index is -2.01. The van der Waals surface area contributed by atoms with Crippen LogP contribution in [-0.4, -0.2) is 28.5 Å². The van der Waals surface area contributed by atoms with Crippen molar-refractivity contribution in [1.29, 1.82) is 0 Å². The number of carbonyl (C=O) groups is 1. The van der Waals surface area contributed by atoms with E-state index < -0.39 is 15.3 Å². The molecule has 0 bridgehead atoms. The smallest absolute Gasteiger partial charge is 0.359 e. The molecule has 0 aliphatic carbocycles. The second-order valence-electron chi connectivity index (χ2n) is 3.41. The third kappa shape index (κ3) is 4.10. The van der Waals surface area contributed by atoms with E-state index in [1.54, 1.807) is 12.1 Å². The van der Waals surface area contributed by atoms with Crippen molar-refractivity contribution in [3.63, 3.8) is 0 Å². The summed E-state index contributed by atoms with van der Waals surface area (Å²) in [4.78, 5) is 11.3. The monoisotopic (exact) mass is 266 g/mol. The first-order valence-electron chi connectivity index (χ1n) is 5.89. The Morgan fingerprint density at radius 3 is 2.44 bits per heavy atom. The summed E-state index contributed by atoms with van der Waals surface area (Å²) >= 11 is 0. The summed E-state index contributed by atoms with van der Waals surface area (Å²) in [5.41, 5.74) is 0. The van der Waals surface area contributed by atoms with Crippen LogP contribution in [0.2, 0.25) is 0 Å². The van der Waals surface area contributed by atoms with Crippen LogP contribution in [0.5, 0.6) is 5.75 Å². The van der Waals surface area contributed by atoms with Crippen LogP contribution in [0, 0.1) is 0 Å². The normalized spacial score (nSPS) is 10.4. The van der Waals surface area contributed by atoms with Crippen molar-refractivity contribution in [2.75, 3.05) is 13.2 Å². The fraction of sp³-hybridized carbons (Fsp3) is 0.308. The van der Waals surface area contributed by atoms with Gasteiger partial charge in [-0.25, -0.2) is 4.79 Å². The number of esters is 1. The van der Waals surface area contributed by atoms with Crippen molar-refractivity contribution < 1.29 is 18.4 Å². The Kier molecular flexibility index (Phi) is 6.35. The Labute approximate surface area is 109 Å². The molecule has 1 aromatic carbocycles. The maximum atomic E-state index is 11.3. The maximum Gasteiger partial charge on any atom is 0.359 e. The minimum absolute atomic E-state index is 0.483. The van der Waals surface area contributed by atoms with Crippen LogP contribution in [0.4, 0.5) is 0 Å². The Hall–Kier alpha value is -1.43. The fourth-order valence-corrected chi connectivity index (χ4v) is 3.17. The lowest BCUT2D eigenvalue weighted by atomic mass is 10.3. The lowest BCUT2D eigenvalue weighted by molar-refractivity contribution is -0.128. The van der Waals surface area contributed by atoms with Gasteiger partial charge in [0.25, 0.3) is 0 Å². The summed E-state index contributed by atoms with van der Waals surface area (Å²) in [6.45, 7) is 8.35. The van der Waals surface area contributed by atoms with Gasteiger partial charge in [-0.15, -0.1) is 0 Å². The van der Waals surface area contributed by atoms with Crippen LogP contribution in [0.15, 0.2) is 36.9 Å². The van der Waals surface area contributed by atoms with Crippen LogP contribution in [0.25, 0.3) is 0 Å². The molecule has 0 saturated heterocycles. The number of rotatable bonds is 7. The molecule has 0 saturated carbocycles. The van der Waals surface area contributed by atoms with E-state index in [4.69, 9.17) is 13.6 Å². The van der Waals surface area contributed by atoms with Gasteiger partial charge < -0.3 is 13.6 Å². The molecule has 0 atom stereocenters. The zero-order chi connectivity index (χ0) is 13.4. The molecule has 0 aromatic heterocycles. The molecule has 0 radical (unpaired) electrons. The molecule has 0 unspecified atom stereocenters. The van der Waals surface area contributed by atoms with Gasteiger partial charge in [-0.1, -0.05) is 24.8 Å². The molecule has 0 aliphatic heterocycles. The van der Waals surface area contributed by atoms with E-state index in [9.17, 15) is 4.79 Å². The molecule has 0 aliphatic rings. The summed E-state index contributed by atoms with van der Waals surface area (Å²) < 4.78 is 16.4. The highest BCUT2D eigenvalue weighted by Gasteiger charge is 2.20.